The Morgan fingerprint density at radius 1 is 1.23 bits per heavy atom. The van der Waals surface area contributed by atoms with Crippen molar-refractivity contribution >= 4 is 35.8 Å². The molecular weight excluding hydrogens is 522 g/mol. The van der Waals surface area contributed by atoms with Crippen LogP contribution in [0.4, 0.5) is 13.2 Å². The van der Waals surface area contributed by atoms with Crippen molar-refractivity contribution in [3.8, 4) is 0 Å². The number of amides is 1. The molecule has 0 spiro atoms. The van der Waals surface area contributed by atoms with Crippen LogP contribution in [0.1, 0.15) is 30.4 Å². The van der Waals surface area contributed by atoms with Crippen LogP contribution in [0.25, 0.3) is 0 Å². The number of carbonyl (C=O) groups excluding carboxylic acids is 1. The summed E-state index contributed by atoms with van der Waals surface area (Å²) in [5, 5.41) is 6.34. The molecule has 1 amide bonds. The smallest absolute Gasteiger partial charge is 0.356 e. The van der Waals surface area contributed by atoms with Crippen molar-refractivity contribution in [2.75, 3.05) is 39.8 Å². The molecule has 10 heteroatoms. The highest BCUT2D eigenvalue weighted by molar-refractivity contribution is 14.0. The fraction of sp³-hybridized carbons (Fsp3) is 0.619. The second kappa shape index (κ2) is 11.9. The van der Waals surface area contributed by atoms with Gasteiger partial charge >= 0.3 is 6.18 Å². The first-order valence-corrected chi connectivity index (χ1v) is 10.4. The first kappa shape index (κ1) is 25.7. The topological polar surface area (TPSA) is 60.0 Å². The number of halogens is 4. The number of aliphatic imine (C=N–C) groups is 1. The van der Waals surface area contributed by atoms with Crippen molar-refractivity contribution in [1.29, 1.82) is 0 Å². The molecule has 2 aliphatic heterocycles. The first-order chi connectivity index (χ1) is 14.3. The summed E-state index contributed by atoms with van der Waals surface area (Å²) in [6.07, 6.45) is -1.51. The van der Waals surface area contributed by atoms with Gasteiger partial charge in [-0.1, -0.05) is 24.3 Å². The third kappa shape index (κ3) is 8.13. The highest BCUT2D eigenvalue weighted by Crippen LogP contribution is 2.20. The van der Waals surface area contributed by atoms with Gasteiger partial charge in [-0.25, -0.2) is 0 Å². The number of alkyl halides is 3. The second-order valence-corrected chi connectivity index (χ2v) is 7.92. The maximum absolute atomic E-state index is 12.5. The van der Waals surface area contributed by atoms with Crippen LogP contribution >= 0.6 is 24.0 Å². The summed E-state index contributed by atoms with van der Waals surface area (Å²) in [5.74, 6) is 0.709. The maximum Gasteiger partial charge on any atom is 0.401 e. The lowest BCUT2D eigenvalue weighted by atomic mass is 9.99. The van der Waals surface area contributed by atoms with Gasteiger partial charge in [0, 0.05) is 52.2 Å². The standard InChI is InChI=1S/C21H30F3N5O.HI/c1-25-20(27-18-9-11-28(14-18)15-21(22,23)24)26-10-4-7-19(30)29-12-8-16-5-2-3-6-17(16)13-29;/h2-3,5-6,18H,4,7-15H2,1H3,(H2,25,26,27);1H. The molecule has 0 bridgehead atoms. The van der Waals surface area contributed by atoms with E-state index in [9.17, 15) is 18.0 Å². The molecule has 1 aromatic rings. The molecule has 1 saturated heterocycles. The van der Waals surface area contributed by atoms with Crippen LogP contribution in [0.2, 0.25) is 0 Å². The van der Waals surface area contributed by atoms with Gasteiger partial charge in [-0.3, -0.25) is 14.7 Å². The van der Waals surface area contributed by atoms with Gasteiger partial charge in [0.25, 0.3) is 0 Å². The van der Waals surface area contributed by atoms with E-state index in [1.54, 1.807) is 7.05 Å². The summed E-state index contributed by atoms with van der Waals surface area (Å²) in [7, 11) is 1.63. The number of likely N-dealkylation sites (tertiary alicyclic amines) is 1. The minimum atomic E-state index is -4.17. The lowest BCUT2D eigenvalue weighted by molar-refractivity contribution is -0.143. The molecule has 2 heterocycles. The number of hydrogen-bond acceptors (Lipinski definition) is 3. The fourth-order valence-corrected chi connectivity index (χ4v) is 4.05. The van der Waals surface area contributed by atoms with E-state index in [1.165, 1.54) is 16.0 Å². The maximum atomic E-state index is 12.5. The number of guanidine groups is 1. The zero-order valence-corrected chi connectivity index (χ0v) is 20.1. The molecule has 3 rings (SSSR count). The average molecular weight is 553 g/mol. The molecule has 0 aliphatic carbocycles. The van der Waals surface area contributed by atoms with E-state index in [0.29, 0.717) is 51.4 Å². The van der Waals surface area contributed by atoms with Gasteiger partial charge in [0.2, 0.25) is 5.91 Å². The lowest BCUT2D eigenvalue weighted by Crippen LogP contribution is -2.45. The molecule has 2 N–H and O–H groups in total. The number of nitrogens with one attached hydrogen (secondary N) is 2. The lowest BCUT2D eigenvalue weighted by Gasteiger charge is -2.29. The van der Waals surface area contributed by atoms with Gasteiger partial charge in [-0.05, 0) is 30.4 Å². The SMILES string of the molecule is CN=C(NCCCC(=O)N1CCc2ccccc2C1)NC1CCN(CC(F)(F)F)C1.I. The van der Waals surface area contributed by atoms with E-state index >= 15 is 0 Å². The molecule has 31 heavy (non-hydrogen) atoms. The largest absolute Gasteiger partial charge is 0.401 e. The summed E-state index contributed by atoms with van der Waals surface area (Å²) < 4.78 is 37.5. The van der Waals surface area contributed by atoms with Crippen LogP contribution in [-0.2, 0) is 17.8 Å². The van der Waals surface area contributed by atoms with Gasteiger partial charge in [0.1, 0.15) is 0 Å². The Kier molecular flexibility index (Phi) is 9.86. The summed E-state index contributed by atoms with van der Waals surface area (Å²) in [5.41, 5.74) is 2.54. The Labute approximate surface area is 198 Å². The Hall–Kier alpha value is -1.56. The van der Waals surface area contributed by atoms with Gasteiger partial charge in [0.15, 0.2) is 5.96 Å². The number of fused-ring (bicyclic) bond motifs is 1. The molecule has 1 fully saturated rings. The van der Waals surface area contributed by atoms with E-state index in [0.717, 1.165) is 13.0 Å². The fourth-order valence-electron chi connectivity index (χ4n) is 4.05. The minimum absolute atomic E-state index is 0. The Morgan fingerprint density at radius 3 is 2.68 bits per heavy atom. The summed E-state index contributed by atoms with van der Waals surface area (Å²) in [6.45, 7) is 1.89. The van der Waals surface area contributed by atoms with Crippen molar-refractivity contribution in [1.82, 2.24) is 20.4 Å². The van der Waals surface area contributed by atoms with Gasteiger partial charge < -0.3 is 15.5 Å². The highest BCUT2D eigenvalue weighted by atomic mass is 127. The zero-order chi connectivity index (χ0) is 21.6. The van der Waals surface area contributed by atoms with E-state index in [1.807, 2.05) is 17.0 Å². The molecule has 0 saturated carbocycles. The second-order valence-electron chi connectivity index (χ2n) is 7.92. The molecule has 174 valence electrons. The quantitative estimate of drug-likeness (QED) is 0.246. The number of benzene rings is 1. The van der Waals surface area contributed by atoms with Crippen molar-refractivity contribution in [3.05, 3.63) is 35.4 Å². The van der Waals surface area contributed by atoms with Crippen molar-refractivity contribution in [2.45, 2.75) is 44.4 Å². The first-order valence-electron chi connectivity index (χ1n) is 10.4. The number of carbonyl (C=O) groups is 1. The van der Waals surface area contributed by atoms with Gasteiger partial charge in [0.05, 0.1) is 6.54 Å². The van der Waals surface area contributed by atoms with Crippen LogP contribution in [-0.4, -0.2) is 73.7 Å². The van der Waals surface area contributed by atoms with E-state index in [4.69, 9.17) is 0 Å². The molecule has 1 atom stereocenters. The number of nitrogens with zero attached hydrogens (tertiary/aromatic N) is 3. The van der Waals surface area contributed by atoms with E-state index in [2.05, 4.69) is 27.8 Å². The van der Waals surface area contributed by atoms with Crippen molar-refractivity contribution < 1.29 is 18.0 Å². The van der Waals surface area contributed by atoms with Crippen LogP contribution in [0.3, 0.4) is 0 Å². The Morgan fingerprint density at radius 2 is 1.97 bits per heavy atom. The Balaban J connectivity index is 0.00000341. The molecule has 2 aliphatic rings. The number of hydrogen-bond donors (Lipinski definition) is 2. The molecule has 1 aromatic carbocycles. The summed E-state index contributed by atoms with van der Waals surface area (Å²) in [4.78, 5) is 20.0. The van der Waals surface area contributed by atoms with Crippen LogP contribution in [0.15, 0.2) is 29.3 Å². The van der Waals surface area contributed by atoms with Crippen LogP contribution in [0.5, 0.6) is 0 Å². The minimum Gasteiger partial charge on any atom is -0.356 e. The predicted molar refractivity (Wildman–Crippen MR) is 126 cm³/mol. The normalized spacial score (nSPS) is 19.5. The predicted octanol–water partition coefficient (Wildman–Crippen LogP) is 2.77. The highest BCUT2D eigenvalue weighted by Gasteiger charge is 2.34. The van der Waals surface area contributed by atoms with Crippen molar-refractivity contribution in [2.24, 2.45) is 4.99 Å². The average Bonchev–Trinajstić information content (AvgIpc) is 3.14. The van der Waals surface area contributed by atoms with Gasteiger partial charge in [-0.2, -0.15) is 13.2 Å². The van der Waals surface area contributed by atoms with E-state index < -0.39 is 12.7 Å². The molecule has 0 aromatic heterocycles. The molecular formula is C21H31F3IN5O. The van der Waals surface area contributed by atoms with Crippen LogP contribution in [0, 0.1) is 0 Å². The van der Waals surface area contributed by atoms with E-state index in [-0.39, 0.29) is 35.9 Å². The Bertz CT molecular complexity index is 759. The third-order valence-electron chi connectivity index (χ3n) is 5.58. The summed E-state index contributed by atoms with van der Waals surface area (Å²) >= 11 is 0. The third-order valence-corrected chi connectivity index (χ3v) is 5.58. The summed E-state index contributed by atoms with van der Waals surface area (Å²) in [6, 6.07) is 8.16. The van der Waals surface area contributed by atoms with Crippen molar-refractivity contribution in [3.63, 3.8) is 0 Å². The van der Waals surface area contributed by atoms with Gasteiger partial charge in [-0.15, -0.1) is 24.0 Å². The van der Waals surface area contributed by atoms with Crippen LogP contribution < -0.4 is 10.6 Å². The molecule has 1 unspecified atom stereocenters. The monoisotopic (exact) mass is 553 g/mol. The zero-order valence-electron chi connectivity index (χ0n) is 17.7. The molecule has 0 radical (unpaired) electrons. The number of rotatable bonds is 6. The molecule has 6 nitrogen and oxygen atoms in total.